The van der Waals surface area contributed by atoms with Crippen LogP contribution < -0.4 is 4.72 Å². The fourth-order valence-electron chi connectivity index (χ4n) is 1.72. The van der Waals surface area contributed by atoms with Crippen LogP contribution in [0.4, 0.5) is 5.69 Å². The van der Waals surface area contributed by atoms with Crippen molar-refractivity contribution in [2.24, 2.45) is 0 Å². The number of carbonyl (C=O) groups is 1. The standard InChI is InChI=1S/C12H12BrN3O4S/c1-8-2-9(13)4-10(3-8)15-21(19,20)11-5-14-16(6-11)7-12(17)18/h2-6,15H,7H2,1H3,(H,17,18). The molecule has 0 radical (unpaired) electrons. The van der Waals surface area contributed by atoms with Crippen LogP contribution in [-0.4, -0.2) is 29.3 Å². The number of anilines is 1. The number of hydrogen-bond donors (Lipinski definition) is 2. The van der Waals surface area contributed by atoms with E-state index in [4.69, 9.17) is 5.11 Å². The number of aromatic nitrogens is 2. The molecular weight excluding hydrogens is 362 g/mol. The first-order chi connectivity index (χ1) is 9.76. The van der Waals surface area contributed by atoms with E-state index >= 15 is 0 Å². The number of aliphatic carboxylic acids is 1. The van der Waals surface area contributed by atoms with Crippen molar-refractivity contribution in [3.05, 3.63) is 40.6 Å². The summed E-state index contributed by atoms with van der Waals surface area (Å²) < 4.78 is 28.6. The third kappa shape index (κ3) is 4.05. The molecule has 0 unspecified atom stereocenters. The van der Waals surface area contributed by atoms with Crippen molar-refractivity contribution in [1.82, 2.24) is 9.78 Å². The van der Waals surface area contributed by atoms with Gasteiger partial charge in [0.1, 0.15) is 11.4 Å². The number of rotatable bonds is 5. The Morgan fingerprint density at radius 1 is 1.43 bits per heavy atom. The van der Waals surface area contributed by atoms with Gasteiger partial charge in [-0.3, -0.25) is 14.2 Å². The van der Waals surface area contributed by atoms with Crippen molar-refractivity contribution in [2.75, 3.05) is 4.72 Å². The van der Waals surface area contributed by atoms with Crippen molar-refractivity contribution in [2.45, 2.75) is 18.4 Å². The Balaban J connectivity index is 2.25. The average molecular weight is 374 g/mol. The minimum Gasteiger partial charge on any atom is -0.480 e. The number of aryl methyl sites for hydroxylation is 1. The van der Waals surface area contributed by atoms with Crippen LogP contribution in [0.15, 0.2) is 40.0 Å². The number of carboxylic acid groups (broad SMARTS) is 1. The molecule has 7 nitrogen and oxygen atoms in total. The minimum absolute atomic E-state index is 0.0959. The summed E-state index contributed by atoms with van der Waals surface area (Å²) in [5.74, 6) is -1.10. The van der Waals surface area contributed by atoms with Gasteiger partial charge in [-0.05, 0) is 30.7 Å². The van der Waals surface area contributed by atoms with Crippen LogP contribution in [0.2, 0.25) is 0 Å². The molecule has 2 aromatic rings. The molecule has 0 spiro atoms. The Hall–Kier alpha value is -1.87. The van der Waals surface area contributed by atoms with E-state index in [0.29, 0.717) is 5.69 Å². The summed E-state index contributed by atoms with van der Waals surface area (Å²) in [5.41, 5.74) is 1.30. The maximum Gasteiger partial charge on any atom is 0.325 e. The number of benzene rings is 1. The first kappa shape index (κ1) is 15.5. The van der Waals surface area contributed by atoms with Gasteiger partial charge < -0.3 is 5.11 Å². The summed E-state index contributed by atoms with van der Waals surface area (Å²) >= 11 is 3.29. The van der Waals surface area contributed by atoms with E-state index in [1.165, 1.54) is 6.20 Å². The van der Waals surface area contributed by atoms with Crippen molar-refractivity contribution in [3.63, 3.8) is 0 Å². The lowest BCUT2D eigenvalue weighted by molar-refractivity contribution is -0.137. The first-order valence-corrected chi connectivity index (χ1v) is 8.08. The molecule has 0 aliphatic heterocycles. The topological polar surface area (TPSA) is 101 Å². The lowest BCUT2D eigenvalue weighted by atomic mass is 10.2. The van der Waals surface area contributed by atoms with Crippen LogP contribution in [0.3, 0.4) is 0 Å². The minimum atomic E-state index is -3.81. The van der Waals surface area contributed by atoms with Gasteiger partial charge in [0.15, 0.2) is 0 Å². The fraction of sp³-hybridized carbons (Fsp3) is 0.167. The summed E-state index contributed by atoms with van der Waals surface area (Å²) in [7, 11) is -3.81. The van der Waals surface area contributed by atoms with Gasteiger partial charge in [0, 0.05) is 10.7 Å². The molecular formula is C12H12BrN3O4S. The molecule has 1 aromatic heterocycles. The van der Waals surface area contributed by atoms with Crippen LogP contribution in [0, 0.1) is 6.92 Å². The molecule has 0 amide bonds. The van der Waals surface area contributed by atoms with Crippen LogP contribution >= 0.6 is 15.9 Å². The van der Waals surface area contributed by atoms with Gasteiger partial charge in [0.2, 0.25) is 0 Å². The molecule has 0 aliphatic rings. The highest BCUT2D eigenvalue weighted by atomic mass is 79.9. The smallest absolute Gasteiger partial charge is 0.325 e. The number of hydrogen-bond acceptors (Lipinski definition) is 4. The number of nitrogens with zero attached hydrogens (tertiary/aromatic N) is 2. The van der Waals surface area contributed by atoms with Gasteiger partial charge in [0.05, 0.1) is 11.9 Å². The van der Waals surface area contributed by atoms with Gasteiger partial charge in [-0.15, -0.1) is 0 Å². The Morgan fingerprint density at radius 3 is 2.76 bits per heavy atom. The quantitative estimate of drug-likeness (QED) is 0.832. The van der Waals surface area contributed by atoms with Gasteiger partial charge >= 0.3 is 5.97 Å². The van der Waals surface area contributed by atoms with E-state index in [0.717, 1.165) is 20.9 Å². The van der Waals surface area contributed by atoms with Gasteiger partial charge in [-0.25, -0.2) is 8.42 Å². The summed E-state index contributed by atoms with van der Waals surface area (Å²) in [5, 5.41) is 12.4. The Morgan fingerprint density at radius 2 is 2.14 bits per heavy atom. The predicted molar refractivity (Wildman–Crippen MR) is 79.6 cm³/mol. The molecule has 0 saturated heterocycles. The Bertz CT molecular complexity index is 765. The molecule has 0 saturated carbocycles. The maximum absolute atomic E-state index is 12.2. The van der Waals surface area contributed by atoms with Gasteiger partial charge in [-0.2, -0.15) is 5.10 Å². The fourth-order valence-corrected chi connectivity index (χ4v) is 3.32. The van der Waals surface area contributed by atoms with Crippen LogP contribution in [0.5, 0.6) is 0 Å². The highest BCUT2D eigenvalue weighted by molar-refractivity contribution is 9.10. The van der Waals surface area contributed by atoms with E-state index in [9.17, 15) is 13.2 Å². The van der Waals surface area contributed by atoms with Crippen molar-refractivity contribution in [3.8, 4) is 0 Å². The van der Waals surface area contributed by atoms with Crippen molar-refractivity contribution < 1.29 is 18.3 Å². The zero-order valence-corrected chi connectivity index (χ0v) is 13.3. The van der Waals surface area contributed by atoms with E-state index in [2.05, 4.69) is 25.8 Å². The number of nitrogens with one attached hydrogen (secondary N) is 1. The highest BCUT2D eigenvalue weighted by Crippen LogP contribution is 2.21. The van der Waals surface area contributed by atoms with Crippen LogP contribution in [0.25, 0.3) is 0 Å². The second kappa shape index (κ2) is 5.86. The molecule has 2 N–H and O–H groups in total. The van der Waals surface area contributed by atoms with Gasteiger partial charge in [-0.1, -0.05) is 15.9 Å². The summed E-state index contributed by atoms with van der Waals surface area (Å²) in [6.07, 6.45) is 2.28. The molecule has 21 heavy (non-hydrogen) atoms. The van der Waals surface area contributed by atoms with Crippen molar-refractivity contribution in [1.29, 1.82) is 0 Å². The summed E-state index contributed by atoms with van der Waals surface area (Å²) in [4.78, 5) is 10.5. The lowest BCUT2D eigenvalue weighted by Crippen LogP contribution is -2.13. The second-order valence-electron chi connectivity index (χ2n) is 4.39. The summed E-state index contributed by atoms with van der Waals surface area (Å²) in [6.45, 7) is 1.44. The number of sulfonamides is 1. The lowest BCUT2D eigenvalue weighted by Gasteiger charge is -2.07. The third-order valence-corrected chi connectivity index (χ3v) is 4.31. The molecule has 0 atom stereocenters. The monoisotopic (exact) mass is 373 g/mol. The molecule has 1 aromatic carbocycles. The molecule has 2 rings (SSSR count). The molecule has 112 valence electrons. The predicted octanol–water partition coefficient (Wildman–Crippen LogP) is 1.84. The van der Waals surface area contributed by atoms with Crippen molar-refractivity contribution >= 4 is 37.6 Å². The molecule has 1 heterocycles. The number of carboxylic acids is 1. The van der Waals surface area contributed by atoms with E-state index in [1.807, 2.05) is 13.0 Å². The van der Waals surface area contributed by atoms with Crippen LogP contribution in [0.1, 0.15) is 5.56 Å². The third-order valence-electron chi connectivity index (χ3n) is 2.51. The maximum atomic E-state index is 12.2. The van der Waals surface area contributed by atoms with E-state index in [1.54, 1.807) is 12.1 Å². The number of halogens is 1. The first-order valence-electron chi connectivity index (χ1n) is 5.80. The van der Waals surface area contributed by atoms with Gasteiger partial charge in [0.25, 0.3) is 10.0 Å². The summed E-state index contributed by atoms with van der Waals surface area (Å²) in [6, 6.07) is 5.17. The largest absolute Gasteiger partial charge is 0.480 e. The molecule has 0 bridgehead atoms. The molecule has 9 heteroatoms. The zero-order valence-electron chi connectivity index (χ0n) is 10.9. The second-order valence-corrected chi connectivity index (χ2v) is 6.99. The normalized spacial score (nSPS) is 11.3. The average Bonchev–Trinajstić information content (AvgIpc) is 2.74. The van der Waals surface area contributed by atoms with E-state index < -0.39 is 22.5 Å². The highest BCUT2D eigenvalue weighted by Gasteiger charge is 2.17. The zero-order chi connectivity index (χ0) is 15.6. The molecule has 0 aliphatic carbocycles. The molecule has 0 fully saturated rings. The SMILES string of the molecule is Cc1cc(Br)cc(NS(=O)(=O)c2cnn(CC(=O)O)c2)c1. The Kier molecular flexibility index (Phi) is 4.33. The Labute approximate surface area is 129 Å². The van der Waals surface area contributed by atoms with E-state index in [-0.39, 0.29) is 4.90 Å². The van der Waals surface area contributed by atoms with Crippen LogP contribution in [-0.2, 0) is 21.4 Å².